The fourth-order valence-electron chi connectivity index (χ4n) is 1.68. The van der Waals surface area contributed by atoms with E-state index in [-0.39, 0.29) is 11.9 Å². The van der Waals surface area contributed by atoms with Crippen LogP contribution >= 0.6 is 0 Å². The molecule has 3 nitrogen and oxygen atoms in total. The van der Waals surface area contributed by atoms with Gasteiger partial charge in [-0.25, -0.2) is 4.39 Å². The van der Waals surface area contributed by atoms with Gasteiger partial charge in [0.2, 0.25) is 0 Å². The number of nitrogens with two attached hydrogens (primary N) is 1. The summed E-state index contributed by atoms with van der Waals surface area (Å²) in [6.07, 6.45) is 1.47. The minimum atomic E-state index is -0.334. The molecule has 0 saturated heterocycles. The summed E-state index contributed by atoms with van der Waals surface area (Å²) < 4.78 is 23.9. The molecule has 0 aliphatic heterocycles. The molecule has 0 aromatic heterocycles. The standard InChI is InChI=1S/C15H24FNO2/c1-11(2)14(17)9-12-5-6-13(16)15(10-12)19-8-4-7-18-3/h5-6,10-11,14H,4,7-9,17H2,1-3H3/t14-/m1/s1. The lowest BCUT2D eigenvalue weighted by Crippen LogP contribution is -2.28. The van der Waals surface area contributed by atoms with Gasteiger partial charge in [-0.3, -0.25) is 0 Å². The molecule has 0 heterocycles. The number of halogens is 1. The van der Waals surface area contributed by atoms with Gasteiger partial charge in [-0.15, -0.1) is 0 Å². The minimum Gasteiger partial charge on any atom is -0.490 e. The number of methoxy groups -OCH3 is 1. The van der Waals surface area contributed by atoms with Gasteiger partial charge in [0.05, 0.1) is 6.61 Å². The normalized spacial score (nSPS) is 12.7. The van der Waals surface area contributed by atoms with E-state index in [1.807, 2.05) is 0 Å². The Labute approximate surface area is 114 Å². The van der Waals surface area contributed by atoms with E-state index in [2.05, 4.69) is 13.8 Å². The molecule has 0 fully saturated rings. The van der Waals surface area contributed by atoms with Gasteiger partial charge >= 0.3 is 0 Å². The lowest BCUT2D eigenvalue weighted by molar-refractivity contribution is 0.170. The molecule has 19 heavy (non-hydrogen) atoms. The molecule has 0 radical (unpaired) electrons. The molecule has 1 rings (SSSR count). The number of hydrogen-bond acceptors (Lipinski definition) is 3. The summed E-state index contributed by atoms with van der Waals surface area (Å²) >= 11 is 0. The molecular weight excluding hydrogens is 245 g/mol. The van der Waals surface area contributed by atoms with E-state index in [0.717, 1.165) is 18.4 Å². The SMILES string of the molecule is COCCCOc1cc(C[C@@H](N)C(C)C)ccc1F. The summed E-state index contributed by atoms with van der Waals surface area (Å²) in [5.41, 5.74) is 7.03. The first kappa shape index (κ1) is 15.9. The highest BCUT2D eigenvalue weighted by molar-refractivity contribution is 5.30. The van der Waals surface area contributed by atoms with Crippen molar-refractivity contribution in [2.24, 2.45) is 11.7 Å². The monoisotopic (exact) mass is 269 g/mol. The van der Waals surface area contributed by atoms with Gasteiger partial charge in [-0.05, 0) is 30.0 Å². The van der Waals surface area contributed by atoms with Crippen LogP contribution < -0.4 is 10.5 Å². The maximum atomic E-state index is 13.6. The van der Waals surface area contributed by atoms with Crippen LogP contribution in [0.25, 0.3) is 0 Å². The van der Waals surface area contributed by atoms with Crippen LogP contribution in [-0.2, 0) is 11.2 Å². The Morgan fingerprint density at radius 1 is 1.26 bits per heavy atom. The zero-order valence-electron chi connectivity index (χ0n) is 12.0. The van der Waals surface area contributed by atoms with Gasteiger partial charge in [0.15, 0.2) is 11.6 Å². The van der Waals surface area contributed by atoms with Gasteiger partial charge in [0.1, 0.15) is 0 Å². The predicted octanol–water partition coefficient (Wildman–Crippen LogP) is 2.77. The summed E-state index contributed by atoms with van der Waals surface area (Å²) in [7, 11) is 1.63. The highest BCUT2D eigenvalue weighted by Gasteiger charge is 2.11. The van der Waals surface area contributed by atoms with Crippen LogP contribution in [-0.4, -0.2) is 26.4 Å². The highest BCUT2D eigenvalue weighted by atomic mass is 19.1. The van der Waals surface area contributed by atoms with Gasteiger partial charge in [-0.1, -0.05) is 19.9 Å². The molecule has 0 bridgehead atoms. The fraction of sp³-hybridized carbons (Fsp3) is 0.600. The van der Waals surface area contributed by atoms with Crippen molar-refractivity contribution in [2.75, 3.05) is 20.3 Å². The zero-order valence-corrected chi connectivity index (χ0v) is 12.0. The number of benzene rings is 1. The maximum absolute atomic E-state index is 13.6. The third-order valence-electron chi connectivity index (χ3n) is 3.07. The van der Waals surface area contributed by atoms with Gasteiger partial charge < -0.3 is 15.2 Å². The van der Waals surface area contributed by atoms with E-state index < -0.39 is 0 Å². The average molecular weight is 269 g/mol. The first-order valence-electron chi connectivity index (χ1n) is 6.70. The Kier molecular flexibility index (Phi) is 6.81. The van der Waals surface area contributed by atoms with Crippen LogP contribution in [0.2, 0.25) is 0 Å². The Bertz CT molecular complexity index is 382. The molecule has 1 aromatic carbocycles. The third kappa shape index (κ3) is 5.57. The van der Waals surface area contributed by atoms with Crippen molar-refractivity contribution in [3.8, 4) is 5.75 Å². The van der Waals surface area contributed by atoms with E-state index in [1.165, 1.54) is 6.07 Å². The second kappa shape index (κ2) is 8.12. The smallest absolute Gasteiger partial charge is 0.165 e. The highest BCUT2D eigenvalue weighted by Crippen LogP contribution is 2.20. The maximum Gasteiger partial charge on any atom is 0.165 e. The van der Waals surface area contributed by atoms with Gasteiger partial charge in [0, 0.05) is 26.2 Å². The molecule has 0 unspecified atom stereocenters. The Hall–Kier alpha value is -1.13. The van der Waals surface area contributed by atoms with E-state index in [0.29, 0.717) is 24.9 Å². The van der Waals surface area contributed by atoms with Crippen molar-refractivity contribution in [1.82, 2.24) is 0 Å². The molecule has 1 aromatic rings. The lowest BCUT2D eigenvalue weighted by atomic mass is 9.97. The minimum absolute atomic E-state index is 0.0757. The predicted molar refractivity (Wildman–Crippen MR) is 74.9 cm³/mol. The summed E-state index contributed by atoms with van der Waals surface area (Å²) in [6.45, 7) is 5.22. The topological polar surface area (TPSA) is 44.5 Å². The van der Waals surface area contributed by atoms with Gasteiger partial charge in [0.25, 0.3) is 0 Å². The van der Waals surface area contributed by atoms with Crippen LogP contribution in [0, 0.1) is 11.7 Å². The summed E-state index contributed by atoms with van der Waals surface area (Å²) in [5, 5.41) is 0. The van der Waals surface area contributed by atoms with Crippen molar-refractivity contribution in [3.05, 3.63) is 29.6 Å². The van der Waals surface area contributed by atoms with E-state index in [1.54, 1.807) is 19.2 Å². The van der Waals surface area contributed by atoms with Crippen LogP contribution in [0.5, 0.6) is 5.75 Å². The summed E-state index contributed by atoms with van der Waals surface area (Å²) in [4.78, 5) is 0. The second-order valence-electron chi connectivity index (χ2n) is 5.07. The van der Waals surface area contributed by atoms with E-state index in [9.17, 15) is 4.39 Å². The zero-order chi connectivity index (χ0) is 14.3. The number of rotatable bonds is 8. The quantitative estimate of drug-likeness (QED) is 0.738. The van der Waals surface area contributed by atoms with Crippen molar-refractivity contribution >= 4 is 0 Å². The Morgan fingerprint density at radius 3 is 2.63 bits per heavy atom. The third-order valence-corrected chi connectivity index (χ3v) is 3.07. The van der Waals surface area contributed by atoms with Crippen molar-refractivity contribution < 1.29 is 13.9 Å². The molecule has 0 amide bonds. The molecule has 0 spiro atoms. The Balaban J connectivity index is 2.60. The van der Waals surface area contributed by atoms with Crippen LogP contribution in [0.15, 0.2) is 18.2 Å². The van der Waals surface area contributed by atoms with E-state index in [4.69, 9.17) is 15.2 Å². The molecule has 108 valence electrons. The average Bonchev–Trinajstić information content (AvgIpc) is 2.38. The van der Waals surface area contributed by atoms with Crippen molar-refractivity contribution in [2.45, 2.75) is 32.7 Å². The number of ether oxygens (including phenoxy) is 2. The molecule has 0 saturated carbocycles. The van der Waals surface area contributed by atoms with Crippen molar-refractivity contribution in [3.63, 3.8) is 0 Å². The molecule has 2 N–H and O–H groups in total. The van der Waals surface area contributed by atoms with Crippen molar-refractivity contribution in [1.29, 1.82) is 0 Å². The molecule has 0 aliphatic carbocycles. The van der Waals surface area contributed by atoms with Crippen LogP contribution in [0.4, 0.5) is 4.39 Å². The van der Waals surface area contributed by atoms with Gasteiger partial charge in [-0.2, -0.15) is 0 Å². The lowest BCUT2D eigenvalue weighted by Gasteiger charge is -2.16. The second-order valence-corrected chi connectivity index (χ2v) is 5.07. The Morgan fingerprint density at radius 2 is 2.00 bits per heavy atom. The molecule has 1 atom stereocenters. The molecular formula is C15H24FNO2. The molecule has 0 aliphatic rings. The largest absolute Gasteiger partial charge is 0.490 e. The number of hydrogen-bond donors (Lipinski definition) is 1. The van der Waals surface area contributed by atoms with Crippen LogP contribution in [0.3, 0.4) is 0 Å². The first-order chi connectivity index (χ1) is 9.04. The fourth-order valence-corrected chi connectivity index (χ4v) is 1.68. The summed E-state index contributed by atoms with van der Waals surface area (Å²) in [5.74, 6) is 0.361. The molecule has 4 heteroatoms. The van der Waals surface area contributed by atoms with E-state index >= 15 is 0 Å². The summed E-state index contributed by atoms with van der Waals surface area (Å²) in [6, 6.07) is 5.02. The van der Waals surface area contributed by atoms with Crippen LogP contribution in [0.1, 0.15) is 25.8 Å². The first-order valence-corrected chi connectivity index (χ1v) is 6.70.